The van der Waals surface area contributed by atoms with Gasteiger partial charge in [-0.05, 0) is 79.3 Å². The molecule has 0 saturated heterocycles. The predicted octanol–water partition coefficient (Wildman–Crippen LogP) is 4.34. The van der Waals surface area contributed by atoms with Crippen LogP contribution in [-0.4, -0.2) is 30.9 Å². The second kappa shape index (κ2) is 11.4. The van der Waals surface area contributed by atoms with Gasteiger partial charge in [-0.2, -0.15) is 0 Å². The molecule has 0 saturated carbocycles. The Labute approximate surface area is 208 Å². The van der Waals surface area contributed by atoms with Crippen LogP contribution < -0.4 is 14.9 Å². The number of para-hydroxylation sites is 1. The number of nitro groups is 1. The smallest absolute Gasteiger partial charge is 0.269 e. The van der Waals surface area contributed by atoms with Crippen LogP contribution in [0.2, 0.25) is 0 Å². The van der Waals surface area contributed by atoms with Crippen molar-refractivity contribution >= 4 is 56.4 Å². The van der Waals surface area contributed by atoms with E-state index in [-0.39, 0.29) is 22.2 Å². The number of hydrogen-bond donors (Lipinski definition) is 2. The van der Waals surface area contributed by atoms with Crippen LogP contribution in [0.5, 0.6) is 0 Å². The second-order valence-electron chi connectivity index (χ2n) is 7.16. The maximum Gasteiger partial charge on any atom is 0.269 e. The molecule has 3 rings (SSSR count). The molecule has 3 aromatic carbocycles. The maximum atomic E-state index is 13.1. The third-order valence-electron chi connectivity index (χ3n) is 4.80. The Bertz CT molecular complexity index is 1340. The number of nitrogens with zero attached hydrogens (tertiary/aromatic N) is 2. The molecule has 0 bridgehead atoms. The Morgan fingerprint density at radius 2 is 1.66 bits per heavy atom. The first-order valence-corrected chi connectivity index (χ1v) is 12.3. The summed E-state index contributed by atoms with van der Waals surface area (Å²) < 4.78 is 27.4. The molecule has 0 aliphatic heterocycles. The van der Waals surface area contributed by atoms with Gasteiger partial charge in [0.25, 0.3) is 15.7 Å². The molecule has 1 amide bonds. The first-order chi connectivity index (χ1) is 16.7. The summed E-state index contributed by atoms with van der Waals surface area (Å²) in [5.74, 6) is -0.499. The molecule has 2 N–H and O–H groups in total. The van der Waals surface area contributed by atoms with Crippen LogP contribution in [0.3, 0.4) is 0 Å². The fraction of sp³-hybridized carbons (Fsp3) is 0.0833. The van der Waals surface area contributed by atoms with E-state index in [1.54, 1.807) is 43.3 Å². The minimum absolute atomic E-state index is 0.0263. The lowest BCUT2D eigenvalue weighted by Gasteiger charge is -2.23. The van der Waals surface area contributed by atoms with Crippen LogP contribution in [0, 0.1) is 10.1 Å². The van der Waals surface area contributed by atoms with Crippen LogP contribution in [0.15, 0.2) is 89.8 Å². The summed E-state index contributed by atoms with van der Waals surface area (Å²) >= 11 is 5.14. The standard InChI is InChI=1S/C24H22N4O5S2/c1-2-27(20-6-4-3-5-7-20)35(32,33)22-15-11-19(12-16-22)25-24(34)26-23(29)17-10-18-8-13-21(14-9-18)28(30)31/h3-17H,2H2,1H3,(H2,25,26,29,34)/b17-10+. The summed E-state index contributed by atoms with van der Waals surface area (Å²) in [5, 5.41) is 16.0. The second-order valence-corrected chi connectivity index (χ2v) is 9.43. The molecule has 11 heteroatoms. The molecule has 0 aromatic heterocycles. The molecule has 0 atom stereocenters. The number of benzene rings is 3. The number of rotatable bonds is 8. The predicted molar refractivity (Wildman–Crippen MR) is 140 cm³/mol. The van der Waals surface area contributed by atoms with Gasteiger partial charge < -0.3 is 5.32 Å². The zero-order valence-corrected chi connectivity index (χ0v) is 20.3. The van der Waals surface area contributed by atoms with Gasteiger partial charge in [0.2, 0.25) is 5.91 Å². The fourth-order valence-corrected chi connectivity index (χ4v) is 4.81. The van der Waals surface area contributed by atoms with Gasteiger partial charge in [-0.15, -0.1) is 0 Å². The highest BCUT2D eigenvalue weighted by molar-refractivity contribution is 7.92. The molecule has 3 aromatic rings. The van der Waals surface area contributed by atoms with E-state index in [4.69, 9.17) is 12.2 Å². The van der Waals surface area contributed by atoms with E-state index >= 15 is 0 Å². The van der Waals surface area contributed by atoms with Crippen LogP contribution in [0.1, 0.15) is 12.5 Å². The maximum absolute atomic E-state index is 13.1. The average Bonchev–Trinajstić information content (AvgIpc) is 2.84. The highest BCUT2D eigenvalue weighted by atomic mass is 32.2. The van der Waals surface area contributed by atoms with Crippen molar-refractivity contribution in [2.24, 2.45) is 0 Å². The zero-order valence-electron chi connectivity index (χ0n) is 18.6. The summed E-state index contributed by atoms with van der Waals surface area (Å²) in [6, 6.07) is 20.6. The molecule has 0 fully saturated rings. The Hall–Kier alpha value is -4.09. The SMILES string of the molecule is CCN(c1ccccc1)S(=O)(=O)c1ccc(NC(=S)NC(=O)/C=C/c2ccc([N+](=O)[O-])cc2)cc1. The van der Waals surface area contributed by atoms with E-state index in [2.05, 4.69) is 10.6 Å². The van der Waals surface area contributed by atoms with Gasteiger partial charge in [-0.1, -0.05) is 18.2 Å². The van der Waals surface area contributed by atoms with Crippen LogP contribution in [0.4, 0.5) is 17.1 Å². The Balaban J connectivity index is 1.60. The molecule has 9 nitrogen and oxygen atoms in total. The van der Waals surface area contributed by atoms with Gasteiger partial charge in [-0.25, -0.2) is 8.42 Å². The minimum Gasteiger partial charge on any atom is -0.332 e. The van der Waals surface area contributed by atoms with Crippen LogP contribution in [0.25, 0.3) is 6.08 Å². The highest BCUT2D eigenvalue weighted by Crippen LogP contribution is 2.24. The van der Waals surface area contributed by atoms with E-state index in [1.165, 1.54) is 52.9 Å². The largest absolute Gasteiger partial charge is 0.332 e. The van der Waals surface area contributed by atoms with Crippen molar-refractivity contribution in [1.82, 2.24) is 5.32 Å². The average molecular weight is 511 g/mol. The zero-order chi connectivity index (χ0) is 25.4. The number of non-ortho nitro benzene ring substituents is 1. The number of nitrogens with one attached hydrogen (secondary N) is 2. The normalized spacial score (nSPS) is 11.1. The van der Waals surface area contributed by atoms with Crippen molar-refractivity contribution in [3.05, 3.63) is 101 Å². The van der Waals surface area contributed by atoms with Gasteiger partial charge in [0.05, 0.1) is 15.5 Å². The lowest BCUT2D eigenvalue weighted by molar-refractivity contribution is -0.384. The number of nitro benzene ring substituents is 1. The van der Waals surface area contributed by atoms with Crippen molar-refractivity contribution in [1.29, 1.82) is 0 Å². The quantitative estimate of drug-likeness (QED) is 0.200. The van der Waals surface area contributed by atoms with Crippen LogP contribution in [-0.2, 0) is 14.8 Å². The van der Waals surface area contributed by atoms with Crippen molar-refractivity contribution < 1.29 is 18.1 Å². The Kier molecular flexibility index (Phi) is 8.29. The number of hydrogen-bond acceptors (Lipinski definition) is 6. The first-order valence-electron chi connectivity index (χ1n) is 10.4. The molecule has 180 valence electrons. The number of carbonyl (C=O) groups is 1. The van der Waals surface area contributed by atoms with Gasteiger partial charge in [0.15, 0.2) is 5.11 Å². The van der Waals surface area contributed by atoms with Gasteiger partial charge in [0.1, 0.15) is 0 Å². The molecule has 0 heterocycles. The Morgan fingerprint density at radius 1 is 1.03 bits per heavy atom. The molecule has 0 radical (unpaired) electrons. The molecule has 35 heavy (non-hydrogen) atoms. The molecule has 0 spiro atoms. The lowest BCUT2D eigenvalue weighted by atomic mass is 10.2. The molecular formula is C24H22N4O5S2. The Morgan fingerprint density at radius 3 is 2.23 bits per heavy atom. The van der Waals surface area contributed by atoms with E-state index < -0.39 is 20.9 Å². The summed E-state index contributed by atoms with van der Waals surface area (Å²) in [7, 11) is -3.75. The van der Waals surface area contributed by atoms with Crippen molar-refractivity contribution in [3.8, 4) is 0 Å². The summed E-state index contributed by atoms with van der Waals surface area (Å²) in [6.45, 7) is 2.04. The van der Waals surface area contributed by atoms with Crippen molar-refractivity contribution in [2.75, 3.05) is 16.2 Å². The number of thiocarbonyl (C=S) groups is 1. The van der Waals surface area contributed by atoms with Crippen molar-refractivity contribution in [3.63, 3.8) is 0 Å². The first kappa shape index (κ1) is 25.5. The van der Waals surface area contributed by atoms with Crippen LogP contribution >= 0.6 is 12.2 Å². The van der Waals surface area contributed by atoms with E-state index in [9.17, 15) is 23.3 Å². The summed E-state index contributed by atoms with van der Waals surface area (Å²) in [4.78, 5) is 22.4. The molecular weight excluding hydrogens is 488 g/mol. The van der Waals surface area contributed by atoms with Gasteiger partial charge in [-0.3, -0.25) is 24.5 Å². The molecule has 0 aliphatic rings. The fourth-order valence-electron chi connectivity index (χ4n) is 3.12. The number of carbonyl (C=O) groups excluding carboxylic acids is 1. The summed E-state index contributed by atoms with van der Waals surface area (Å²) in [5.41, 5.74) is 1.63. The third kappa shape index (κ3) is 6.71. The number of anilines is 2. The lowest BCUT2D eigenvalue weighted by Crippen LogP contribution is -2.33. The third-order valence-corrected chi connectivity index (χ3v) is 6.92. The highest BCUT2D eigenvalue weighted by Gasteiger charge is 2.23. The number of amides is 1. The van der Waals surface area contributed by atoms with Crippen molar-refractivity contribution in [2.45, 2.75) is 11.8 Å². The van der Waals surface area contributed by atoms with E-state index in [0.29, 0.717) is 16.9 Å². The topological polar surface area (TPSA) is 122 Å². The molecule has 0 aliphatic carbocycles. The minimum atomic E-state index is -3.75. The van der Waals surface area contributed by atoms with Gasteiger partial charge >= 0.3 is 0 Å². The van der Waals surface area contributed by atoms with E-state index in [1.807, 2.05) is 6.07 Å². The number of sulfonamides is 1. The monoisotopic (exact) mass is 510 g/mol. The van der Waals surface area contributed by atoms with E-state index in [0.717, 1.165) is 0 Å². The summed E-state index contributed by atoms with van der Waals surface area (Å²) in [6.07, 6.45) is 2.74. The molecule has 0 unspecified atom stereocenters. The van der Waals surface area contributed by atoms with Gasteiger partial charge in [0, 0.05) is 30.4 Å².